The molecule has 7 heteroatoms. The van der Waals surface area contributed by atoms with E-state index in [-0.39, 0.29) is 12.5 Å². The molecule has 0 N–H and O–H groups in total. The van der Waals surface area contributed by atoms with Crippen molar-refractivity contribution in [3.05, 3.63) is 23.0 Å². The summed E-state index contributed by atoms with van der Waals surface area (Å²) in [5.41, 5.74) is 1.78. The molecule has 1 aliphatic rings. The second-order valence-corrected chi connectivity index (χ2v) is 4.81. The summed E-state index contributed by atoms with van der Waals surface area (Å²) in [7, 11) is 1.30. The van der Waals surface area contributed by atoms with Crippen LogP contribution < -0.4 is 0 Å². The molecule has 1 atom stereocenters. The monoisotopic (exact) mass is 293 g/mol. The zero-order valence-electron chi connectivity index (χ0n) is 12.5. The van der Waals surface area contributed by atoms with Crippen LogP contribution in [0.2, 0.25) is 0 Å². The van der Waals surface area contributed by atoms with Gasteiger partial charge in [-0.3, -0.25) is 4.79 Å². The van der Waals surface area contributed by atoms with E-state index in [2.05, 4.69) is 10.2 Å². The largest absolute Gasteiger partial charge is 0.467 e. The SMILES string of the molecule is CCc1nnc(C)cc1C(=O)N1CCOCC1C(=O)OC. The van der Waals surface area contributed by atoms with E-state index in [0.717, 1.165) is 0 Å². The number of carbonyl (C=O) groups excluding carboxylic acids is 2. The Bertz CT molecular complexity index is 547. The summed E-state index contributed by atoms with van der Waals surface area (Å²) in [5, 5.41) is 8.03. The van der Waals surface area contributed by atoms with Crippen molar-refractivity contribution in [1.29, 1.82) is 0 Å². The number of nitrogens with zero attached hydrogens (tertiary/aromatic N) is 3. The number of morpholine rings is 1. The number of aromatic nitrogens is 2. The van der Waals surface area contributed by atoms with Crippen LogP contribution in [0.25, 0.3) is 0 Å². The molecule has 0 aliphatic carbocycles. The van der Waals surface area contributed by atoms with Crippen LogP contribution >= 0.6 is 0 Å². The number of methoxy groups -OCH3 is 1. The van der Waals surface area contributed by atoms with Crippen molar-refractivity contribution in [2.45, 2.75) is 26.3 Å². The predicted octanol–water partition coefficient (Wildman–Crippen LogP) is 0.361. The number of rotatable bonds is 3. The quantitative estimate of drug-likeness (QED) is 0.749. The van der Waals surface area contributed by atoms with Crippen LogP contribution in [-0.4, -0.2) is 59.9 Å². The molecule has 1 saturated heterocycles. The Balaban J connectivity index is 2.33. The van der Waals surface area contributed by atoms with Crippen molar-refractivity contribution in [3.8, 4) is 0 Å². The molecule has 1 aliphatic heterocycles. The highest BCUT2D eigenvalue weighted by Crippen LogP contribution is 2.16. The smallest absolute Gasteiger partial charge is 0.331 e. The summed E-state index contributed by atoms with van der Waals surface area (Å²) in [5.74, 6) is -0.705. The average Bonchev–Trinajstić information content (AvgIpc) is 2.53. The van der Waals surface area contributed by atoms with Crippen LogP contribution in [0.5, 0.6) is 0 Å². The molecule has 2 rings (SSSR count). The van der Waals surface area contributed by atoms with Gasteiger partial charge in [-0.25, -0.2) is 4.79 Å². The summed E-state index contributed by atoms with van der Waals surface area (Å²) >= 11 is 0. The molecule has 0 radical (unpaired) electrons. The summed E-state index contributed by atoms with van der Waals surface area (Å²) in [6.45, 7) is 4.59. The van der Waals surface area contributed by atoms with Crippen molar-refractivity contribution < 1.29 is 19.1 Å². The zero-order chi connectivity index (χ0) is 15.4. The summed E-state index contributed by atoms with van der Waals surface area (Å²) in [4.78, 5) is 26.1. The van der Waals surface area contributed by atoms with E-state index in [9.17, 15) is 9.59 Å². The highest BCUT2D eigenvalue weighted by Gasteiger charge is 2.35. The second kappa shape index (κ2) is 6.62. The lowest BCUT2D eigenvalue weighted by Gasteiger charge is -2.33. The van der Waals surface area contributed by atoms with Crippen molar-refractivity contribution >= 4 is 11.9 Å². The van der Waals surface area contributed by atoms with Gasteiger partial charge in [0, 0.05) is 6.54 Å². The molecule has 0 bridgehead atoms. The average molecular weight is 293 g/mol. The molecule has 1 amide bonds. The fourth-order valence-corrected chi connectivity index (χ4v) is 2.29. The number of hydrogen-bond acceptors (Lipinski definition) is 6. The fraction of sp³-hybridized carbons (Fsp3) is 0.571. The number of hydrogen-bond donors (Lipinski definition) is 0. The Kier molecular flexibility index (Phi) is 4.85. The van der Waals surface area contributed by atoms with E-state index in [1.807, 2.05) is 6.92 Å². The maximum atomic E-state index is 12.8. The van der Waals surface area contributed by atoms with Gasteiger partial charge in [-0.15, -0.1) is 0 Å². The van der Waals surface area contributed by atoms with E-state index < -0.39 is 12.0 Å². The van der Waals surface area contributed by atoms with Gasteiger partial charge >= 0.3 is 5.97 Å². The van der Waals surface area contributed by atoms with Crippen LogP contribution in [0.4, 0.5) is 0 Å². The van der Waals surface area contributed by atoms with Gasteiger partial charge in [0.2, 0.25) is 0 Å². The lowest BCUT2D eigenvalue weighted by Crippen LogP contribution is -2.53. The first-order valence-electron chi connectivity index (χ1n) is 6.88. The number of ether oxygens (including phenoxy) is 2. The maximum absolute atomic E-state index is 12.8. The topological polar surface area (TPSA) is 81.6 Å². The van der Waals surface area contributed by atoms with E-state index in [4.69, 9.17) is 9.47 Å². The van der Waals surface area contributed by atoms with Crippen LogP contribution in [0.3, 0.4) is 0 Å². The molecule has 0 saturated carbocycles. The Morgan fingerprint density at radius 2 is 2.24 bits per heavy atom. The highest BCUT2D eigenvalue weighted by atomic mass is 16.5. The van der Waals surface area contributed by atoms with Crippen molar-refractivity contribution in [3.63, 3.8) is 0 Å². The molecule has 0 spiro atoms. The van der Waals surface area contributed by atoms with Gasteiger partial charge in [0.1, 0.15) is 0 Å². The standard InChI is InChI=1S/C14H19N3O4/c1-4-11-10(7-9(2)15-16-11)13(18)17-5-6-21-8-12(17)14(19)20-3/h7,12H,4-6,8H2,1-3H3. The predicted molar refractivity (Wildman–Crippen MR) is 73.8 cm³/mol. The lowest BCUT2D eigenvalue weighted by molar-refractivity contribution is -0.151. The van der Waals surface area contributed by atoms with Gasteiger partial charge in [-0.1, -0.05) is 6.92 Å². The van der Waals surface area contributed by atoms with E-state index >= 15 is 0 Å². The first-order valence-corrected chi connectivity index (χ1v) is 6.88. The zero-order valence-corrected chi connectivity index (χ0v) is 12.5. The third kappa shape index (κ3) is 3.18. The second-order valence-electron chi connectivity index (χ2n) is 4.81. The van der Waals surface area contributed by atoms with Gasteiger partial charge in [-0.2, -0.15) is 10.2 Å². The number of carbonyl (C=O) groups is 2. The van der Waals surface area contributed by atoms with E-state index in [1.54, 1.807) is 13.0 Å². The van der Waals surface area contributed by atoms with Crippen molar-refractivity contribution in [2.75, 3.05) is 26.9 Å². The normalized spacial score (nSPS) is 18.4. The lowest BCUT2D eigenvalue weighted by atomic mass is 10.1. The minimum atomic E-state index is -0.713. The first kappa shape index (κ1) is 15.4. The molecular weight excluding hydrogens is 274 g/mol. The minimum absolute atomic E-state index is 0.150. The molecule has 21 heavy (non-hydrogen) atoms. The van der Waals surface area contributed by atoms with Crippen molar-refractivity contribution in [1.82, 2.24) is 15.1 Å². The highest BCUT2D eigenvalue weighted by molar-refractivity contribution is 5.97. The Morgan fingerprint density at radius 1 is 1.48 bits per heavy atom. The Labute approximate surface area is 123 Å². The molecule has 1 fully saturated rings. The van der Waals surface area contributed by atoms with Crippen LogP contribution in [0.15, 0.2) is 6.07 Å². The molecule has 2 heterocycles. The van der Waals surface area contributed by atoms with E-state index in [0.29, 0.717) is 36.5 Å². The summed E-state index contributed by atoms with van der Waals surface area (Å²) in [6, 6.07) is 0.993. The van der Waals surface area contributed by atoms with E-state index in [1.165, 1.54) is 12.0 Å². The van der Waals surface area contributed by atoms with Gasteiger partial charge in [-0.05, 0) is 19.4 Å². The summed E-state index contributed by atoms with van der Waals surface area (Å²) < 4.78 is 10.0. The van der Waals surface area contributed by atoms with Gasteiger partial charge in [0.05, 0.1) is 37.3 Å². The maximum Gasteiger partial charge on any atom is 0.331 e. The number of amides is 1. The van der Waals surface area contributed by atoms with Gasteiger partial charge in [0.25, 0.3) is 5.91 Å². The molecule has 1 unspecified atom stereocenters. The third-order valence-electron chi connectivity index (χ3n) is 3.42. The fourth-order valence-electron chi connectivity index (χ4n) is 2.29. The van der Waals surface area contributed by atoms with Gasteiger partial charge < -0.3 is 14.4 Å². The molecule has 7 nitrogen and oxygen atoms in total. The number of aryl methyl sites for hydroxylation is 2. The van der Waals surface area contributed by atoms with Crippen LogP contribution in [-0.2, 0) is 20.7 Å². The summed E-state index contributed by atoms with van der Waals surface area (Å²) in [6.07, 6.45) is 0.599. The molecule has 1 aromatic heterocycles. The number of esters is 1. The Morgan fingerprint density at radius 3 is 2.90 bits per heavy atom. The molecule has 1 aromatic rings. The first-order chi connectivity index (χ1) is 10.1. The third-order valence-corrected chi connectivity index (χ3v) is 3.42. The molecule has 114 valence electrons. The Hall–Kier alpha value is -2.02. The van der Waals surface area contributed by atoms with Crippen molar-refractivity contribution in [2.24, 2.45) is 0 Å². The van der Waals surface area contributed by atoms with Crippen LogP contribution in [0.1, 0.15) is 28.7 Å². The van der Waals surface area contributed by atoms with Crippen LogP contribution in [0, 0.1) is 6.92 Å². The van der Waals surface area contributed by atoms with Gasteiger partial charge in [0.15, 0.2) is 6.04 Å². The molecule has 0 aromatic carbocycles. The molecular formula is C14H19N3O4. The minimum Gasteiger partial charge on any atom is -0.467 e.